The predicted molar refractivity (Wildman–Crippen MR) is 96.5 cm³/mol. The van der Waals surface area contributed by atoms with E-state index in [4.69, 9.17) is 23.2 Å². The van der Waals surface area contributed by atoms with Gasteiger partial charge in [0.25, 0.3) is 0 Å². The number of nitrogens with zero attached hydrogens (tertiary/aromatic N) is 2. The van der Waals surface area contributed by atoms with Crippen molar-refractivity contribution in [3.63, 3.8) is 0 Å². The fourth-order valence-electron chi connectivity index (χ4n) is 2.69. The summed E-state index contributed by atoms with van der Waals surface area (Å²) in [5.74, 6) is 0. The Morgan fingerprint density at radius 3 is 2.43 bits per heavy atom. The topological polar surface area (TPSA) is 17.8 Å². The molecule has 0 aliphatic rings. The zero-order valence-electron chi connectivity index (χ0n) is 13.2. The predicted octanol–water partition coefficient (Wildman–Crippen LogP) is 5.45. The van der Waals surface area contributed by atoms with E-state index in [-0.39, 0.29) is 0 Å². The Morgan fingerprint density at radius 2 is 1.70 bits per heavy atom. The summed E-state index contributed by atoms with van der Waals surface area (Å²) in [6.45, 7) is 4.93. The molecule has 4 heteroatoms. The number of aryl methyl sites for hydroxylation is 1. The molecule has 0 unspecified atom stereocenters. The first-order valence-electron chi connectivity index (χ1n) is 7.53. The zero-order valence-corrected chi connectivity index (χ0v) is 14.7. The lowest BCUT2D eigenvalue weighted by Gasteiger charge is -2.13. The molecule has 118 valence electrons. The van der Waals surface area contributed by atoms with E-state index in [1.165, 1.54) is 16.7 Å². The number of hydrogen-bond acceptors (Lipinski definition) is 1. The van der Waals surface area contributed by atoms with Crippen LogP contribution < -0.4 is 0 Å². The van der Waals surface area contributed by atoms with Gasteiger partial charge in [-0.25, -0.2) is 4.98 Å². The largest absolute Gasteiger partial charge is 0.330 e. The summed E-state index contributed by atoms with van der Waals surface area (Å²) < 4.78 is 2.11. The monoisotopic (exact) mass is 344 g/mol. The molecular formula is C19H18Cl2N2. The van der Waals surface area contributed by atoms with Gasteiger partial charge in [-0.3, -0.25) is 0 Å². The molecule has 1 aromatic heterocycles. The highest BCUT2D eigenvalue weighted by Crippen LogP contribution is 2.26. The lowest BCUT2D eigenvalue weighted by Crippen LogP contribution is -2.06. The highest BCUT2D eigenvalue weighted by atomic mass is 35.5. The molecule has 0 fully saturated rings. The fraction of sp³-hybridized carbons (Fsp3) is 0.211. The quantitative estimate of drug-likeness (QED) is 0.615. The number of aromatic nitrogens is 2. The smallest absolute Gasteiger partial charge is 0.0951 e. The Bertz CT molecular complexity index is 817. The van der Waals surface area contributed by atoms with Gasteiger partial charge in [-0.1, -0.05) is 47.5 Å². The molecule has 0 amide bonds. The van der Waals surface area contributed by atoms with Crippen LogP contribution in [0.25, 0.3) is 0 Å². The van der Waals surface area contributed by atoms with Crippen LogP contribution in [0.15, 0.2) is 48.9 Å². The van der Waals surface area contributed by atoms with Crippen molar-refractivity contribution >= 4 is 23.2 Å². The molecule has 0 N–H and O–H groups in total. The minimum Gasteiger partial charge on any atom is -0.330 e. The van der Waals surface area contributed by atoms with Gasteiger partial charge in [0.1, 0.15) is 0 Å². The summed E-state index contributed by atoms with van der Waals surface area (Å²) in [7, 11) is 0. The van der Waals surface area contributed by atoms with Crippen LogP contribution in [0.3, 0.4) is 0 Å². The highest BCUT2D eigenvalue weighted by molar-refractivity contribution is 6.35. The third-order valence-corrected chi connectivity index (χ3v) is 4.99. The van der Waals surface area contributed by atoms with Gasteiger partial charge in [-0.15, -0.1) is 0 Å². The normalized spacial score (nSPS) is 11.0. The standard InChI is InChI=1S/C19H18Cl2N2/c1-13-5-3-6-15(14(13)2)9-16-10-22-12-23(16)11-17-18(20)7-4-8-19(17)21/h3-8,10,12H,9,11H2,1-2H3. The van der Waals surface area contributed by atoms with Gasteiger partial charge in [0.05, 0.1) is 12.9 Å². The van der Waals surface area contributed by atoms with E-state index in [1.54, 1.807) is 0 Å². The molecule has 2 nitrogen and oxygen atoms in total. The molecule has 3 rings (SSSR count). The van der Waals surface area contributed by atoms with Crippen LogP contribution in [-0.4, -0.2) is 9.55 Å². The molecule has 0 radical (unpaired) electrons. The first-order chi connectivity index (χ1) is 11.1. The molecule has 0 aliphatic heterocycles. The molecule has 0 saturated heterocycles. The second kappa shape index (κ2) is 6.77. The summed E-state index contributed by atoms with van der Waals surface area (Å²) in [5, 5.41) is 1.37. The Balaban J connectivity index is 1.90. The number of benzene rings is 2. The molecule has 1 heterocycles. The summed E-state index contributed by atoms with van der Waals surface area (Å²) in [6.07, 6.45) is 4.59. The molecule has 2 aromatic carbocycles. The van der Waals surface area contributed by atoms with Crippen LogP contribution in [0.2, 0.25) is 10.0 Å². The summed E-state index contributed by atoms with van der Waals surface area (Å²) >= 11 is 12.6. The van der Waals surface area contributed by atoms with Crippen molar-refractivity contribution in [2.45, 2.75) is 26.8 Å². The van der Waals surface area contributed by atoms with E-state index in [1.807, 2.05) is 30.7 Å². The van der Waals surface area contributed by atoms with Crippen molar-refractivity contribution < 1.29 is 0 Å². The van der Waals surface area contributed by atoms with Crippen LogP contribution in [0, 0.1) is 13.8 Å². The minimum atomic E-state index is 0.624. The second-order valence-corrected chi connectivity index (χ2v) is 6.56. The second-order valence-electron chi connectivity index (χ2n) is 5.75. The van der Waals surface area contributed by atoms with Gasteiger partial charge in [-0.05, 0) is 42.7 Å². The maximum atomic E-state index is 6.29. The van der Waals surface area contributed by atoms with Gasteiger partial charge in [0, 0.05) is 33.9 Å². The van der Waals surface area contributed by atoms with Crippen molar-refractivity contribution in [3.8, 4) is 0 Å². The van der Waals surface area contributed by atoms with Gasteiger partial charge in [-0.2, -0.15) is 0 Å². The maximum absolute atomic E-state index is 6.29. The first-order valence-corrected chi connectivity index (χ1v) is 8.29. The van der Waals surface area contributed by atoms with Gasteiger partial charge in [0.15, 0.2) is 0 Å². The number of halogens is 2. The van der Waals surface area contributed by atoms with Crippen LogP contribution >= 0.6 is 23.2 Å². The van der Waals surface area contributed by atoms with Gasteiger partial charge < -0.3 is 4.57 Å². The number of hydrogen-bond donors (Lipinski definition) is 0. The summed E-state index contributed by atoms with van der Waals surface area (Å²) in [6, 6.07) is 12.0. The number of rotatable bonds is 4. The van der Waals surface area contributed by atoms with E-state index in [0.29, 0.717) is 16.6 Å². The van der Waals surface area contributed by atoms with E-state index < -0.39 is 0 Å². The third-order valence-electron chi connectivity index (χ3n) is 4.28. The van der Waals surface area contributed by atoms with Crippen LogP contribution in [-0.2, 0) is 13.0 Å². The highest BCUT2D eigenvalue weighted by Gasteiger charge is 2.11. The van der Waals surface area contributed by atoms with Gasteiger partial charge in [0.2, 0.25) is 0 Å². The van der Waals surface area contributed by atoms with Crippen molar-refractivity contribution in [2.75, 3.05) is 0 Å². The Morgan fingerprint density at radius 1 is 1.00 bits per heavy atom. The molecular weight excluding hydrogens is 327 g/mol. The average Bonchev–Trinajstić information content (AvgIpc) is 2.95. The maximum Gasteiger partial charge on any atom is 0.0951 e. The summed E-state index contributed by atoms with van der Waals surface area (Å²) in [4.78, 5) is 4.30. The average molecular weight is 345 g/mol. The van der Waals surface area contributed by atoms with Crippen molar-refractivity contribution in [3.05, 3.63) is 86.9 Å². The fourth-order valence-corrected chi connectivity index (χ4v) is 3.21. The van der Waals surface area contributed by atoms with E-state index in [0.717, 1.165) is 17.7 Å². The SMILES string of the molecule is Cc1cccc(Cc2cncn2Cc2c(Cl)cccc2Cl)c1C. The minimum absolute atomic E-state index is 0.624. The van der Waals surface area contributed by atoms with Crippen LogP contribution in [0.1, 0.15) is 27.9 Å². The molecule has 0 atom stereocenters. The first kappa shape index (κ1) is 16.1. The van der Waals surface area contributed by atoms with Crippen LogP contribution in [0.5, 0.6) is 0 Å². The third kappa shape index (κ3) is 3.44. The summed E-state index contributed by atoms with van der Waals surface area (Å²) in [5.41, 5.74) is 6.03. The lowest BCUT2D eigenvalue weighted by atomic mass is 10.00. The van der Waals surface area contributed by atoms with Crippen molar-refractivity contribution in [1.29, 1.82) is 0 Å². The van der Waals surface area contributed by atoms with E-state index >= 15 is 0 Å². The van der Waals surface area contributed by atoms with Crippen LogP contribution in [0.4, 0.5) is 0 Å². The zero-order chi connectivity index (χ0) is 16.4. The van der Waals surface area contributed by atoms with E-state index in [2.05, 4.69) is 41.6 Å². The van der Waals surface area contributed by atoms with Gasteiger partial charge >= 0.3 is 0 Å². The Kier molecular flexibility index (Phi) is 4.74. The molecule has 0 spiro atoms. The molecule has 23 heavy (non-hydrogen) atoms. The lowest BCUT2D eigenvalue weighted by molar-refractivity contribution is 0.753. The molecule has 0 aliphatic carbocycles. The van der Waals surface area contributed by atoms with Crippen molar-refractivity contribution in [1.82, 2.24) is 9.55 Å². The van der Waals surface area contributed by atoms with Crippen molar-refractivity contribution in [2.24, 2.45) is 0 Å². The Labute approximate surface area is 146 Å². The number of imidazole rings is 1. The molecule has 3 aromatic rings. The molecule has 0 saturated carbocycles. The van der Waals surface area contributed by atoms with E-state index in [9.17, 15) is 0 Å². The Hall–Kier alpha value is -1.77. The molecule has 0 bridgehead atoms.